The summed E-state index contributed by atoms with van der Waals surface area (Å²) in [7, 11) is -5.24. The van der Waals surface area contributed by atoms with Crippen molar-refractivity contribution in [2.45, 2.75) is 32.0 Å². The molecule has 0 N–H and O–H groups in total. The average molecular weight is 733 g/mol. The Morgan fingerprint density at radius 1 is 0.611 bits per heavy atom. The maximum absolute atomic E-state index is 7.36. The Bertz CT molecular complexity index is 2840. The molecule has 4 heterocycles. The Morgan fingerprint density at radius 2 is 1.24 bits per heavy atom. The number of fused-ring (bicyclic) bond motifs is 7. The molecular formula is C47H40N4OSi2. The van der Waals surface area contributed by atoms with Crippen molar-refractivity contribution in [3.63, 3.8) is 0 Å². The third kappa shape index (κ3) is 4.49. The van der Waals surface area contributed by atoms with Crippen LogP contribution in [0.15, 0.2) is 170 Å². The number of aromatic nitrogens is 4. The van der Waals surface area contributed by atoms with Gasteiger partial charge in [0.1, 0.15) is 17.3 Å². The number of hydrogen-bond acceptors (Lipinski definition) is 3. The van der Waals surface area contributed by atoms with Crippen molar-refractivity contribution in [3.8, 4) is 17.3 Å². The number of nitrogens with zero attached hydrogens (tertiary/aromatic N) is 4. The van der Waals surface area contributed by atoms with Gasteiger partial charge in [0, 0.05) is 6.20 Å². The van der Waals surface area contributed by atoms with Crippen LogP contribution < -0.4 is 30.7 Å². The van der Waals surface area contributed by atoms with Crippen LogP contribution in [-0.2, 0) is 5.04 Å². The summed E-state index contributed by atoms with van der Waals surface area (Å²) in [5.41, 5.74) is 5.46. The highest BCUT2D eigenvalue weighted by Crippen LogP contribution is 2.44. The summed E-state index contributed by atoms with van der Waals surface area (Å²) in [6, 6.07) is 59.4. The molecule has 7 heteroatoms. The molecule has 3 aromatic heterocycles. The second kappa shape index (κ2) is 12.0. The van der Waals surface area contributed by atoms with Crippen LogP contribution >= 0.6 is 0 Å². The van der Waals surface area contributed by atoms with Gasteiger partial charge in [0.2, 0.25) is 5.78 Å². The SMILES string of the molecule is CC1(C)c2cccc([Si](c3ccccc3)(c3ccccc3)c3ccnc(-n4c5ccccc5n5c6ccccc6nc45)c3)c2Oc2ccccc2[Si]1(C)C. The summed E-state index contributed by atoms with van der Waals surface area (Å²) in [4.78, 5) is 10.3. The van der Waals surface area contributed by atoms with Crippen molar-refractivity contribution in [2.24, 2.45) is 0 Å². The van der Waals surface area contributed by atoms with Crippen molar-refractivity contribution in [2.75, 3.05) is 0 Å². The Balaban J connectivity index is 1.32. The van der Waals surface area contributed by atoms with Gasteiger partial charge in [-0.15, -0.1) is 0 Å². The van der Waals surface area contributed by atoms with E-state index in [0.717, 1.165) is 45.2 Å². The molecule has 0 radical (unpaired) electrons. The molecule has 6 aromatic carbocycles. The second-order valence-electron chi connectivity index (χ2n) is 15.5. The highest BCUT2D eigenvalue weighted by Gasteiger charge is 2.50. The number of ether oxygens (including phenoxy) is 1. The molecule has 0 spiro atoms. The number of hydrogen-bond donors (Lipinski definition) is 0. The fourth-order valence-electron chi connectivity index (χ4n) is 8.98. The van der Waals surface area contributed by atoms with Gasteiger partial charge < -0.3 is 4.74 Å². The third-order valence-electron chi connectivity index (χ3n) is 12.4. The minimum atomic E-state index is -3.13. The summed E-state index contributed by atoms with van der Waals surface area (Å²) in [5, 5.41) is 6.25. The lowest BCUT2D eigenvalue weighted by molar-refractivity contribution is 0.480. The van der Waals surface area contributed by atoms with Crippen LogP contribution in [0.25, 0.3) is 33.7 Å². The van der Waals surface area contributed by atoms with Crippen molar-refractivity contribution in [1.29, 1.82) is 0 Å². The lowest BCUT2D eigenvalue weighted by Gasteiger charge is -2.41. The molecule has 0 aliphatic carbocycles. The first-order valence-electron chi connectivity index (χ1n) is 18.7. The first-order chi connectivity index (χ1) is 26.3. The van der Waals surface area contributed by atoms with E-state index in [1.54, 1.807) is 0 Å². The smallest absolute Gasteiger partial charge is 0.221 e. The molecule has 54 heavy (non-hydrogen) atoms. The maximum atomic E-state index is 7.36. The van der Waals surface area contributed by atoms with E-state index in [4.69, 9.17) is 14.7 Å². The monoisotopic (exact) mass is 732 g/mol. The topological polar surface area (TPSA) is 44.4 Å². The zero-order valence-corrected chi connectivity index (χ0v) is 32.9. The predicted octanol–water partition coefficient (Wildman–Crippen LogP) is 7.74. The fraction of sp³-hybridized carbons (Fsp3) is 0.106. The van der Waals surface area contributed by atoms with Gasteiger partial charge in [0.15, 0.2) is 8.07 Å². The number of rotatable bonds is 5. The molecule has 0 bridgehead atoms. The Kier molecular flexibility index (Phi) is 7.24. The molecule has 262 valence electrons. The van der Waals surface area contributed by atoms with Crippen molar-refractivity contribution >= 4 is 69.9 Å². The van der Waals surface area contributed by atoms with E-state index in [2.05, 4.69) is 194 Å². The molecule has 5 nitrogen and oxygen atoms in total. The molecule has 0 amide bonds. The van der Waals surface area contributed by atoms with Crippen LogP contribution in [0.5, 0.6) is 11.5 Å². The molecule has 0 saturated heterocycles. The largest absolute Gasteiger partial charge is 0.457 e. The lowest BCUT2D eigenvalue weighted by Crippen LogP contribution is -2.75. The number of benzene rings is 6. The standard InChI is InChI=1S/C47H40N4OSi2/c1-47(2)36-22-17-29-43(45(36)52-41-27-15-16-28-42(41)53(47,3)4)54(33-18-7-5-8-19-33,34-20-9-6-10-21-34)35-30-31-48-44(32-35)51-40-26-14-13-25-39(40)50-38-24-12-11-23-37(38)49-46(50)51/h5-32H,1-4H3. The van der Waals surface area contributed by atoms with E-state index < -0.39 is 16.1 Å². The summed E-state index contributed by atoms with van der Waals surface area (Å²) in [6.45, 7) is 9.85. The molecule has 0 unspecified atom stereocenters. The molecule has 0 fully saturated rings. The zero-order chi connectivity index (χ0) is 36.7. The van der Waals surface area contributed by atoms with Gasteiger partial charge in [-0.3, -0.25) is 8.97 Å². The third-order valence-corrected chi connectivity index (χ3v) is 22.3. The molecule has 1 aliphatic heterocycles. The summed E-state index contributed by atoms with van der Waals surface area (Å²) >= 11 is 0. The molecule has 1 aliphatic rings. The minimum Gasteiger partial charge on any atom is -0.457 e. The van der Waals surface area contributed by atoms with Crippen LogP contribution in [-0.4, -0.2) is 35.1 Å². The quantitative estimate of drug-likeness (QED) is 0.134. The van der Waals surface area contributed by atoms with Crippen LogP contribution in [0.2, 0.25) is 13.1 Å². The van der Waals surface area contributed by atoms with E-state index in [0.29, 0.717) is 0 Å². The summed E-state index contributed by atoms with van der Waals surface area (Å²) in [6.07, 6.45) is 1.99. The van der Waals surface area contributed by atoms with E-state index in [1.807, 2.05) is 12.3 Å². The highest BCUT2D eigenvalue weighted by atomic mass is 28.3. The predicted molar refractivity (Wildman–Crippen MR) is 228 cm³/mol. The van der Waals surface area contributed by atoms with Crippen LogP contribution in [0.3, 0.4) is 0 Å². The van der Waals surface area contributed by atoms with Gasteiger partial charge in [-0.05, 0) is 79.0 Å². The van der Waals surface area contributed by atoms with E-state index >= 15 is 0 Å². The van der Waals surface area contributed by atoms with E-state index in [-0.39, 0.29) is 5.04 Å². The minimum absolute atomic E-state index is 0.125. The molecular weight excluding hydrogens is 693 g/mol. The Hall–Kier alpha value is -6.03. The van der Waals surface area contributed by atoms with Gasteiger partial charge in [-0.2, -0.15) is 0 Å². The zero-order valence-electron chi connectivity index (χ0n) is 30.9. The van der Waals surface area contributed by atoms with Gasteiger partial charge in [0.25, 0.3) is 0 Å². The van der Waals surface area contributed by atoms with E-state index in [1.165, 1.54) is 31.5 Å². The fourth-order valence-corrected chi connectivity index (χ4v) is 16.7. The first-order valence-corrected chi connectivity index (χ1v) is 23.7. The van der Waals surface area contributed by atoms with Crippen LogP contribution in [0.4, 0.5) is 0 Å². The number of para-hydroxylation sites is 6. The molecule has 0 atom stereocenters. The van der Waals surface area contributed by atoms with E-state index in [9.17, 15) is 0 Å². The number of pyridine rings is 1. The molecule has 9 aromatic rings. The second-order valence-corrected chi connectivity index (χ2v) is 24.3. The maximum Gasteiger partial charge on any atom is 0.221 e. The lowest BCUT2D eigenvalue weighted by atomic mass is 10.0. The van der Waals surface area contributed by atoms with Crippen molar-refractivity contribution < 1.29 is 4.74 Å². The van der Waals surface area contributed by atoms with Crippen molar-refractivity contribution in [1.82, 2.24) is 18.9 Å². The Labute approximate surface area is 317 Å². The van der Waals surface area contributed by atoms with Crippen molar-refractivity contribution in [3.05, 3.63) is 176 Å². The average Bonchev–Trinajstić information content (AvgIpc) is 3.72. The Morgan fingerprint density at radius 3 is 1.98 bits per heavy atom. The van der Waals surface area contributed by atoms with Gasteiger partial charge in [0.05, 0.1) is 30.1 Å². The summed E-state index contributed by atoms with van der Waals surface area (Å²) < 4.78 is 11.8. The normalized spacial score (nSPS) is 14.7. The van der Waals surface area contributed by atoms with Crippen LogP contribution in [0.1, 0.15) is 19.4 Å². The highest BCUT2D eigenvalue weighted by molar-refractivity contribution is 7.20. The van der Waals surface area contributed by atoms with Gasteiger partial charge >= 0.3 is 0 Å². The number of imidazole rings is 2. The summed E-state index contributed by atoms with van der Waals surface area (Å²) in [5.74, 6) is 3.63. The van der Waals surface area contributed by atoms with Crippen LogP contribution in [0, 0.1) is 0 Å². The van der Waals surface area contributed by atoms with Gasteiger partial charge in [-0.1, -0.05) is 148 Å². The first kappa shape index (κ1) is 32.6. The molecule has 10 rings (SSSR count). The molecule has 0 saturated carbocycles. The van der Waals surface area contributed by atoms with Gasteiger partial charge in [-0.25, -0.2) is 9.97 Å².